The Morgan fingerprint density at radius 3 is 2.93 bits per heavy atom. The first kappa shape index (κ1) is 9.19. The molecule has 0 radical (unpaired) electrons. The first-order chi connectivity index (χ1) is 7.29. The lowest BCUT2D eigenvalue weighted by molar-refractivity contribution is 1.01. The van der Waals surface area contributed by atoms with Crippen LogP contribution in [-0.2, 0) is 6.54 Å². The molecule has 1 saturated carbocycles. The van der Waals surface area contributed by atoms with Crippen molar-refractivity contribution < 1.29 is 0 Å². The van der Waals surface area contributed by atoms with E-state index >= 15 is 0 Å². The smallest absolute Gasteiger partial charge is 0.138 e. The van der Waals surface area contributed by atoms with Crippen molar-refractivity contribution in [2.45, 2.75) is 25.3 Å². The van der Waals surface area contributed by atoms with E-state index in [0.29, 0.717) is 11.7 Å². The van der Waals surface area contributed by atoms with Crippen molar-refractivity contribution in [1.82, 2.24) is 9.38 Å². The zero-order valence-electron chi connectivity index (χ0n) is 8.28. The summed E-state index contributed by atoms with van der Waals surface area (Å²) in [5, 5.41) is 0.648. The maximum atomic E-state index is 6.17. The zero-order valence-corrected chi connectivity index (χ0v) is 9.04. The molecule has 0 aliphatic heterocycles. The second-order valence-electron chi connectivity index (χ2n) is 4.02. The lowest BCUT2D eigenvalue weighted by atomic mass is 10.2. The van der Waals surface area contributed by atoms with Crippen molar-refractivity contribution >= 4 is 17.2 Å². The molecule has 1 aliphatic carbocycles. The van der Waals surface area contributed by atoms with Crippen LogP contribution in [0.3, 0.4) is 0 Å². The molecule has 4 heteroatoms. The van der Waals surface area contributed by atoms with Crippen molar-refractivity contribution in [3.8, 4) is 0 Å². The monoisotopic (exact) mass is 221 g/mol. The second-order valence-corrected chi connectivity index (χ2v) is 4.38. The molecule has 78 valence electrons. The molecule has 0 unspecified atom stereocenters. The van der Waals surface area contributed by atoms with E-state index in [2.05, 4.69) is 17.2 Å². The van der Waals surface area contributed by atoms with Gasteiger partial charge in [-0.15, -0.1) is 0 Å². The largest absolute Gasteiger partial charge is 0.325 e. The minimum Gasteiger partial charge on any atom is -0.325 e. The summed E-state index contributed by atoms with van der Waals surface area (Å²) < 4.78 is 1.93. The van der Waals surface area contributed by atoms with Crippen LogP contribution in [0.1, 0.15) is 30.0 Å². The predicted octanol–water partition coefficient (Wildman–Crippen LogP) is 2.32. The summed E-state index contributed by atoms with van der Waals surface area (Å²) in [6.45, 7) is 0.388. The average Bonchev–Trinajstić information content (AvgIpc) is 3.05. The van der Waals surface area contributed by atoms with Gasteiger partial charge in [-0.1, -0.05) is 17.7 Å². The van der Waals surface area contributed by atoms with Crippen LogP contribution >= 0.6 is 11.6 Å². The van der Waals surface area contributed by atoms with Crippen LogP contribution in [0, 0.1) is 0 Å². The van der Waals surface area contributed by atoms with E-state index in [4.69, 9.17) is 17.3 Å². The van der Waals surface area contributed by atoms with Crippen molar-refractivity contribution in [2.75, 3.05) is 0 Å². The van der Waals surface area contributed by atoms with Crippen molar-refractivity contribution in [3.05, 3.63) is 34.7 Å². The summed E-state index contributed by atoms with van der Waals surface area (Å²) in [4.78, 5) is 4.36. The Morgan fingerprint density at radius 2 is 2.27 bits per heavy atom. The number of aromatic nitrogens is 2. The van der Waals surface area contributed by atoms with Crippen molar-refractivity contribution in [3.63, 3.8) is 0 Å². The van der Waals surface area contributed by atoms with Gasteiger partial charge in [0.05, 0.1) is 5.69 Å². The van der Waals surface area contributed by atoms with Crippen LogP contribution < -0.4 is 5.73 Å². The third kappa shape index (κ3) is 1.43. The number of halogens is 1. The van der Waals surface area contributed by atoms with E-state index in [9.17, 15) is 0 Å². The van der Waals surface area contributed by atoms with E-state index in [0.717, 1.165) is 17.3 Å². The van der Waals surface area contributed by atoms with Crippen LogP contribution in [0.2, 0.25) is 5.15 Å². The molecule has 2 N–H and O–H groups in total. The average molecular weight is 222 g/mol. The number of pyridine rings is 1. The van der Waals surface area contributed by atoms with Crippen LogP contribution in [0.5, 0.6) is 0 Å². The Kier molecular flexibility index (Phi) is 1.97. The van der Waals surface area contributed by atoms with Crippen molar-refractivity contribution in [2.24, 2.45) is 5.73 Å². The van der Waals surface area contributed by atoms with Gasteiger partial charge in [0, 0.05) is 12.7 Å². The summed E-state index contributed by atoms with van der Waals surface area (Å²) in [5.41, 5.74) is 8.56. The maximum absolute atomic E-state index is 6.17. The van der Waals surface area contributed by atoms with Gasteiger partial charge in [0.15, 0.2) is 0 Å². The van der Waals surface area contributed by atoms with E-state index in [-0.39, 0.29) is 0 Å². The molecule has 2 aromatic heterocycles. The molecule has 0 saturated heterocycles. The van der Waals surface area contributed by atoms with Crippen LogP contribution in [0.4, 0.5) is 0 Å². The van der Waals surface area contributed by atoms with Crippen molar-refractivity contribution in [1.29, 1.82) is 0 Å². The number of imidazole rings is 1. The fourth-order valence-corrected chi connectivity index (χ4v) is 2.12. The van der Waals surface area contributed by atoms with Crippen LogP contribution in [-0.4, -0.2) is 9.38 Å². The van der Waals surface area contributed by atoms with E-state index < -0.39 is 0 Å². The zero-order chi connectivity index (χ0) is 10.4. The molecule has 0 bridgehead atoms. The third-order valence-electron chi connectivity index (χ3n) is 2.89. The number of rotatable bonds is 2. The number of fused-ring (bicyclic) bond motifs is 1. The van der Waals surface area contributed by atoms with E-state index in [1.54, 1.807) is 0 Å². The van der Waals surface area contributed by atoms with Gasteiger partial charge in [-0.05, 0) is 30.4 Å². The topological polar surface area (TPSA) is 43.3 Å². The summed E-state index contributed by atoms with van der Waals surface area (Å²) in [6.07, 6.45) is 4.67. The SMILES string of the molecule is NCc1nc2ccc(C3CC3)cn2c1Cl. The lowest BCUT2D eigenvalue weighted by Crippen LogP contribution is -1.96. The third-order valence-corrected chi connectivity index (χ3v) is 3.29. The van der Waals surface area contributed by atoms with Gasteiger partial charge >= 0.3 is 0 Å². The molecule has 2 heterocycles. The minimum atomic E-state index is 0.388. The number of hydrogen-bond acceptors (Lipinski definition) is 2. The van der Waals surface area contributed by atoms with E-state index in [1.165, 1.54) is 18.4 Å². The molecule has 1 fully saturated rings. The Bertz CT molecular complexity index is 514. The van der Waals surface area contributed by atoms with E-state index in [1.807, 2.05) is 10.5 Å². The van der Waals surface area contributed by atoms with Gasteiger partial charge < -0.3 is 5.73 Å². The van der Waals surface area contributed by atoms with Crippen LogP contribution in [0.25, 0.3) is 5.65 Å². The van der Waals surface area contributed by atoms with Gasteiger partial charge in [-0.2, -0.15) is 0 Å². The van der Waals surface area contributed by atoms with Gasteiger partial charge in [-0.3, -0.25) is 4.40 Å². The first-order valence-electron chi connectivity index (χ1n) is 5.16. The number of nitrogens with zero attached hydrogens (tertiary/aromatic N) is 2. The highest BCUT2D eigenvalue weighted by atomic mass is 35.5. The number of nitrogens with two attached hydrogens (primary N) is 1. The summed E-state index contributed by atoms with van der Waals surface area (Å²) in [6, 6.07) is 4.15. The van der Waals surface area contributed by atoms with Gasteiger partial charge in [0.2, 0.25) is 0 Å². The molecular weight excluding hydrogens is 210 g/mol. The quantitative estimate of drug-likeness (QED) is 0.846. The Balaban J connectivity index is 2.19. The molecule has 0 atom stereocenters. The second kappa shape index (κ2) is 3.22. The van der Waals surface area contributed by atoms with Gasteiger partial charge in [0.1, 0.15) is 10.8 Å². The lowest BCUT2D eigenvalue weighted by Gasteiger charge is -2.00. The maximum Gasteiger partial charge on any atom is 0.138 e. The highest BCUT2D eigenvalue weighted by Crippen LogP contribution is 2.40. The summed E-state index contributed by atoms with van der Waals surface area (Å²) in [5.74, 6) is 0.731. The fourth-order valence-electron chi connectivity index (χ4n) is 1.87. The Morgan fingerprint density at radius 1 is 1.47 bits per heavy atom. The Hall–Kier alpha value is -1.06. The molecule has 15 heavy (non-hydrogen) atoms. The van der Waals surface area contributed by atoms with Crippen LogP contribution in [0.15, 0.2) is 18.3 Å². The highest BCUT2D eigenvalue weighted by molar-refractivity contribution is 6.30. The normalized spacial score (nSPS) is 16.1. The molecule has 0 aromatic carbocycles. The Labute approximate surface area is 92.9 Å². The molecule has 0 spiro atoms. The standard InChI is InChI=1S/C11H12ClN3/c12-11-9(5-13)14-10-4-3-8(6-15(10)11)7-1-2-7/h3-4,6-7H,1-2,5,13H2. The highest BCUT2D eigenvalue weighted by Gasteiger charge is 2.24. The molecule has 2 aromatic rings. The van der Waals surface area contributed by atoms with Gasteiger partial charge in [0.25, 0.3) is 0 Å². The summed E-state index contributed by atoms with van der Waals surface area (Å²) in [7, 11) is 0. The molecule has 0 amide bonds. The fraction of sp³-hybridized carbons (Fsp3) is 0.364. The molecular formula is C11H12ClN3. The molecule has 3 nitrogen and oxygen atoms in total. The molecule has 1 aliphatic rings. The minimum absolute atomic E-state index is 0.388. The van der Waals surface area contributed by atoms with Gasteiger partial charge in [-0.25, -0.2) is 4.98 Å². The number of hydrogen-bond donors (Lipinski definition) is 1. The predicted molar refractivity (Wildman–Crippen MR) is 60.1 cm³/mol. The summed E-state index contributed by atoms with van der Waals surface area (Å²) >= 11 is 6.17. The molecule has 3 rings (SSSR count). The first-order valence-corrected chi connectivity index (χ1v) is 5.54.